The molecule has 110 valence electrons. The standard InChI is InChI=1S/C18H21NS2/c1-12-11-17(15-9-10-20-18(15)21-12)19-16-8-4-6-13-5-2-3-7-14(13)16/h4,6,8-10,12,17,19H,2-3,5,7,11H2,1H3/t12-,17?/m0/s1. The topological polar surface area (TPSA) is 12.0 Å². The number of aryl methyl sites for hydroxylation is 1. The van der Waals surface area contributed by atoms with Gasteiger partial charge in [-0.1, -0.05) is 19.1 Å². The Morgan fingerprint density at radius 2 is 2.05 bits per heavy atom. The molecule has 3 heteroatoms. The molecule has 1 aliphatic heterocycles. The molecule has 2 aliphatic rings. The number of thioether (sulfide) groups is 1. The van der Waals surface area contributed by atoms with E-state index >= 15 is 0 Å². The lowest BCUT2D eigenvalue weighted by Crippen LogP contribution is -2.20. The van der Waals surface area contributed by atoms with Gasteiger partial charge in [0.05, 0.1) is 10.3 Å². The van der Waals surface area contributed by atoms with Gasteiger partial charge in [-0.2, -0.15) is 0 Å². The van der Waals surface area contributed by atoms with E-state index in [1.54, 1.807) is 11.1 Å². The summed E-state index contributed by atoms with van der Waals surface area (Å²) in [6.07, 6.45) is 6.41. The smallest absolute Gasteiger partial charge is 0.0653 e. The number of rotatable bonds is 2. The minimum absolute atomic E-state index is 0.482. The zero-order valence-electron chi connectivity index (χ0n) is 12.4. The lowest BCUT2D eigenvalue weighted by atomic mass is 9.90. The predicted octanol–water partition coefficient (Wildman–Crippen LogP) is 5.66. The van der Waals surface area contributed by atoms with Crippen molar-refractivity contribution in [2.75, 3.05) is 5.32 Å². The number of nitrogens with one attached hydrogen (secondary N) is 1. The Morgan fingerprint density at radius 3 is 3.00 bits per heavy atom. The Kier molecular flexibility index (Phi) is 3.72. The van der Waals surface area contributed by atoms with E-state index in [-0.39, 0.29) is 0 Å². The van der Waals surface area contributed by atoms with Gasteiger partial charge in [-0.15, -0.1) is 23.1 Å². The molecule has 0 saturated carbocycles. The van der Waals surface area contributed by atoms with E-state index in [4.69, 9.17) is 0 Å². The molecule has 2 atom stereocenters. The molecule has 0 radical (unpaired) electrons. The van der Waals surface area contributed by atoms with Gasteiger partial charge in [0.25, 0.3) is 0 Å². The quantitative estimate of drug-likeness (QED) is 0.767. The van der Waals surface area contributed by atoms with Gasteiger partial charge < -0.3 is 5.32 Å². The van der Waals surface area contributed by atoms with Crippen LogP contribution >= 0.6 is 23.1 Å². The second kappa shape index (κ2) is 5.69. The monoisotopic (exact) mass is 315 g/mol. The summed E-state index contributed by atoms with van der Waals surface area (Å²) >= 11 is 3.94. The van der Waals surface area contributed by atoms with E-state index in [2.05, 4.69) is 41.9 Å². The molecule has 1 aromatic heterocycles. The van der Waals surface area contributed by atoms with Crippen molar-refractivity contribution in [3.63, 3.8) is 0 Å². The van der Waals surface area contributed by atoms with Crippen LogP contribution in [0.1, 0.15) is 48.9 Å². The average molecular weight is 316 g/mol. The van der Waals surface area contributed by atoms with Crippen LogP contribution in [0.4, 0.5) is 5.69 Å². The van der Waals surface area contributed by atoms with E-state index < -0.39 is 0 Å². The van der Waals surface area contributed by atoms with Crippen molar-refractivity contribution in [2.45, 2.75) is 54.5 Å². The normalized spacial score (nSPS) is 24.2. The highest BCUT2D eigenvalue weighted by Gasteiger charge is 2.27. The summed E-state index contributed by atoms with van der Waals surface area (Å²) in [6, 6.07) is 9.61. The Hall–Kier alpha value is -0.930. The summed E-state index contributed by atoms with van der Waals surface area (Å²) in [5.74, 6) is 0. The molecule has 1 N–H and O–H groups in total. The Balaban J connectivity index is 1.65. The minimum Gasteiger partial charge on any atom is -0.378 e. The fraction of sp³-hybridized carbons (Fsp3) is 0.444. The number of hydrogen-bond acceptors (Lipinski definition) is 3. The van der Waals surface area contributed by atoms with Crippen molar-refractivity contribution in [3.05, 3.63) is 46.3 Å². The van der Waals surface area contributed by atoms with Crippen LogP contribution in [0.5, 0.6) is 0 Å². The van der Waals surface area contributed by atoms with Crippen molar-refractivity contribution < 1.29 is 0 Å². The van der Waals surface area contributed by atoms with Gasteiger partial charge in [0, 0.05) is 10.9 Å². The maximum Gasteiger partial charge on any atom is 0.0653 e. The van der Waals surface area contributed by atoms with Crippen LogP contribution in [0.3, 0.4) is 0 Å². The molecule has 21 heavy (non-hydrogen) atoms. The molecule has 0 fully saturated rings. The predicted molar refractivity (Wildman–Crippen MR) is 93.7 cm³/mol. The summed E-state index contributed by atoms with van der Waals surface area (Å²) in [5.41, 5.74) is 6.03. The van der Waals surface area contributed by atoms with Crippen molar-refractivity contribution in [3.8, 4) is 0 Å². The van der Waals surface area contributed by atoms with Crippen LogP contribution in [0.15, 0.2) is 33.9 Å². The second-order valence-corrected chi connectivity index (χ2v) is 8.80. The first-order chi connectivity index (χ1) is 10.3. The molecular formula is C18H21NS2. The zero-order valence-corrected chi connectivity index (χ0v) is 14.0. The third kappa shape index (κ3) is 2.62. The summed E-state index contributed by atoms with van der Waals surface area (Å²) in [7, 11) is 0. The molecule has 1 unspecified atom stereocenters. The molecule has 1 nitrogen and oxygen atoms in total. The third-order valence-electron chi connectivity index (χ3n) is 4.64. The van der Waals surface area contributed by atoms with Crippen LogP contribution in [-0.2, 0) is 12.8 Å². The van der Waals surface area contributed by atoms with Gasteiger partial charge in [-0.25, -0.2) is 0 Å². The molecular weight excluding hydrogens is 294 g/mol. The van der Waals surface area contributed by atoms with Gasteiger partial charge >= 0.3 is 0 Å². The highest BCUT2D eigenvalue weighted by Crippen LogP contribution is 2.45. The van der Waals surface area contributed by atoms with E-state index in [0.29, 0.717) is 11.3 Å². The summed E-state index contributed by atoms with van der Waals surface area (Å²) < 4.78 is 1.51. The molecule has 0 saturated heterocycles. The van der Waals surface area contributed by atoms with Gasteiger partial charge in [0.2, 0.25) is 0 Å². The molecule has 1 aromatic carbocycles. The first-order valence-electron chi connectivity index (χ1n) is 7.92. The molecule has 0 spiro atoms. The fourth-order valence-corrected chi connectivity index (χ4v) is 6.16. The zero-order chi connectivity index (χ0) is 14.2. The summed E-state index contributed by atoms with van der Waals surface area (Å²) in [5, 5.41) is 6.82. The molecule has 0 bridgehead atoms. The Labute approximate surface area is 135 Å². The minimum atomic E-state index is 0.482. The molecule has 4 rings (SSSR count). The summed E-state index contributed by atoms with van der Waals surface area (Å²) in [4.78, 5) is 0. The van der Waals surface area contributed by atoms with Crippen LogP contribution in [-0.4, -0.2) is 5.25 Å². The van der Waals surface area contributed by atoms with Gasteiger partial charge in [-0.05, 0) is 66.3 Å². The largest absolute Gasteiger partial charge is 0.378 e. The fourth-order valence-electron chi connectivity index (χ4n) is 3.59. The lowest BCUT2D eigenvalue weighted by Gasteiger charge is -2.30. The van der Waals surface area contributed by atoms with E-state index in [1.807, 2.05) is 23.1 Å². The summed E-state index contributed by atoms with van der Waals surface area (Å²) in [6.45, 7) is 2.35. The third-order valence-corrected chi connectivity index (χ3v) is 6.98. The maximum atomic E-state index is 3.88. The number of fused-ring (bicyclic) bond motifs is 2. The van der Waals surface area contributed by atoms with Gasteiger partial charge in [-0.3, -0.25) is 0 Å². The first kappa shape index (κ1) is 13.7. The molecule has 1 aliphatic carbocycles. The van der Waals surface area contributed by atoms with Crippen molar-refractivity contribution >= 4 is 28.8 Å². The van der Waals surface area contributed by atoms with E-state index in [1.165, 1.54) is 47.6 Å². The SMILES string of the molecule is C[C@H]1CC(Nc2cccc3c2CCCC3)c2ccsc2S1. The van der Waals surface area contributed by atoms with Crippen molar-refractivity contribution in [2.24, 2.45) is 0 Å². The van der Waals surface area contributed by atoms with Crippen molar-refractivity contribution in [1.82, 2.24) is 0 Å². The average Bonchev–Trinajstić information content (AvgIpc) is 2.96. The number of anilines is 1. The Bertz CT molecular complexity index is 646. The van der Waals surface area contributed by atoms with Crippen LogP contribution < -0.4 is 5.32 Å². The molecule has 2 aromatic rings. The van der Waals surface area contributed by atoms with E-state index in [9.17, 15) is 0 Å². The maximum absolute atomic E-state index is 3.88. The first-order valence-corrected chi connectivity index (χ1v) is 9.68. The highest BCUT2D eigenvalue weighted by atomic mass is 32.2. The number of benzene rings is 1. The second-order valence-electron chi connectivity index (χ2n) is 6.17. The Morgan fingerprint density at radius 1 is 1.14 bits per heavy atom. The van der Waals surface area contributed by atoms with Crippen LogP contribution in [0, 0.1) is 0 Å². The van der Waals surface area contributed by atoms with Gasteiger partial charge in [0.1, 0.15) is 0 Å². The molecule has 0 amide bonds. The van der Waals surface area contributed by atoms with Crippen molar-refractivity contribution in [1.29, 1.82) is 0 Å². The highest BCUT2D eigenvalue weighted by molar-refractivity contribution is 8.01. The lowest BCUT2D eigenvalue weighted by molar-refractivity contribution is 0.659. The van der Waals surface area contributed by atoms with Crippen LogP contribution in [0.25, 0.3) is 0 Å². The van der Waals surface area contributed by atoms with Gasteiger partial charge in [0.15, 0.2) is 0 Å². The van der Waals surface area contributed by atoms with Crippen LogP contribution in [0.2, 0.25) is 0 Å². The molecule has 2 heterocycles. The number of thiophene rings is 1. The number of hydrogen-bond donors (Lipinski definition) is 1. The van der Waals surface area contributed by atoms with E-state index in [0.717, 1.165) is 0 Å².